The van der Waals surface area contributed by atoms with Gasteiger partial charge in [-0.1, -0.05) is 6.07 Å². The third kappa shape index (κ3) is 2.78. The fraction of sp³-hybridized carbons (Fsp3) is 0.0833. The molecular formula is C12H11N3O2. The number of aldehydes is 1. The lowest BCUT2D eigenvalue weighted by Crippen LogP contribution is -2.23. The molecule has 0 bridgehead atoms. The molecule has 0 aliphatic rings. The van der Waals surface area contributed by atoms with Crippen molar-refractivity contribution in [3.8, 4) is 0 Å². The molecule has 2 aromatic heterocycles. The maximum absolute atomic E-state index is 11.7. The van der Waals surface area contributed by atoms with Crippen LogP contribution in [-0.4, -0.2) is 22.2 Å². The number of aromatic nitrogens is 2. The predicted molar refractivity (Wildman–Crippen MR) is 61.6 cm³/mol. The smallest absolute Gasteiger partial charge is 0.267 e. The van der Waals surface area contributed by atoms with Gasteiger partial charge in [-0.25, -0.2) is 0 Å². The molecule has 1 amide bonds. The van der Waals surface area contributed by atoms with Gasteiger partial charge in [0.25, 0.3) is 5.91 Å². The zero-order valence-corrected chi connectivity index (χ0v) is 9.01. The summed E-state index contributed by atoms with van der Waals surface area (Å²) in [5, 5.41) is 2.73. The normalized spacial score (nSPS) is 9.88. The molecule has 0 aromatic carbocycles. The molecule has 0 saturated heterocycles. The number of nitrogens with zero attached hydrogens (tertiary/aromatic N) is 1. The topological polar surface area (TPSA) is 74.8 Å². The van der Waals surface area contributed by atoms with Crippen molar-refractivity contribution in [3.05, 3.63) is 53.6 Å². The maximum Gasteiger partial charge on any atom is 0.267 e. The van der Waals surface area contributed by atoms with Gasteiger partial charge in [0.15, 0.2) is 6.29 Å². The number of aromatic amines is 1. The summed E-state index contributed by atoms with van der Waals surface area (Å²) in [5.74, 6) is -0.248. The number of hydrogen-bond donors (Lipinski definition) is 2. The van der Waals surface area contributed by atoms with Gasteiger partial charge in [0.2, 0.25) is 0 Å². The highest BCUT2D eigenvalue weighted by Gasteiger charge is 2.07. The molecular weight excluding hydrogens is 218 g/mol. The van der Waals surface area contributed by atoms with Crippen LogP contribution in [-0.2, 0) is 6.54 Å². The summed E-state index contributed by atoms with van der Waals surface area (Å²) in [6.07, 6.45) is 5.54. The highest BCUT2D eigenvalue weighted by Crippen LogP contribution is 2.01. The van der Waals surface area contributed by atoms with E-state index in [-0.39, 0.29) is 5.91 Å². The maximum atomic E-state index is 11.7. The Labute approximate surface area is 97.9 Å². The van der Waals surface area contributed by atoms with Gasteiger partial charge >= 0.3 is 0 Å². The largest absolute Gasteiger partial charge is 0.357 e. The van der Waals surface area contributed by atoms with E-state index in [0.29, 0.717) is 24.1 Å². The van der Waals surface area contributed by atoms with E-state index in [4.69, 9.17) is 0 Å². The molecule has 0 atom stereocenters. The molecule has 5 heteroatoms. The first-order chi connectivity index (χ1) is 8.29. The minimum Gasteiger partial charge on any atom is -0.357 e. The molecule has 0 fully saturated rings. The number of rotatable bonds is 4. The van der Waals surface area contributed by atoms with Gasteiger partial charge in [0.05, 0.1) is 0 Å². The first-order valence-corrected chi connectivity index (χ1v) is 5.10. The summed E-state index contributed by atoms with van der Waals surface area (Å²) >= 11 is 0. The fourth-order valence-corrected chi connectivity index (χ4v) is 1.39. The molecule has 0 unspecified atom stereocenters. The number of carbonyl (C=O) groups excluding carboxylic acids is 2. The molecule has 0 aliphatic carbocycles. The van der Waals surface area contributed by atoms with E-state index in [2.05, 4.69) is 15.3 Å². The Kier molecular flexibility index (Phi) is 3.30. The van der Waals surface area contributed by atoms with Crippen LogP contribution in [0.3, 0.4) is 0 Å². The lowest BCUT2D eigenvalue weighted by Gasteiger charge is -2.02. The highest BCUT2D eigenvalue weighted by molar-refractivity contribution is 5.94. The van der Waals surface area contributed by atoms with Crippen LogP contribution in [0.2, 0.25) is 0 Å². The molecule has 0 radical (unpaired) electrons. The SMILES string of the molecule is O=Cc1c[nH]c(C(=O)NCc2cccnc2)c1. The van der Waals surface area contributed by atoms with Crippen LogP contribution in [0.25, 0.3) is 0 Å². The highest BCUT2D eigenvalue weighted by atomic mass is 16.1. The minimum absolute atomic E-state index is 0.248. The van der Waals surface area contributed by atoms with Gasteiger partial charge in [0.1, 0.15) is 5.69 Å². The monoisotopic (exact) mass is 229 g/mol. The summed E-state index contributed by atoms with van der Waals surface area (Å²) in [6.45, 7) is 0.405. The van der Waals surface area contributed by atoms with Crippen molar-refractivity contribution in [3.63, 3.8) is 0 Å². The van der Waals surface area contributed by atoms with Crippen molar-refractivity contribution < 1.29 is 9.59 Å². The Bertz CT molecular complexity index is 520. The number of nitrogens with one attached hydrogen (secondary N) is 2. The van der Waals surface area contributed by atoms with Crippen molar-refractivity contribution in [2.45, 2.75) is 6.54 Å². The van der Waals surface area contributed by atoms with Crippen molar-refractivity contribution in [2.24, 2.45) is 0 Å². The molecule has 2 N–H and O–H groups in total. The third-order valence-electron chi connectivity index (χ3n) is 2.26. The summed E-state index contributed by atoms with van der Waals surface area (Å²) in [5.41, 5.74) is 1.75. The number of carbonyl (C=O) groups is 2. The number of amides is 1. The summed E-state index contributed by atoms with van der Waals surface area (Å²) < 4.78 is 0. The summed E-state index contributed by atoms with van der Waals surface area (Å²) in [7, 11) is 0. The predicted octanol–water partition coefficient (Wildman–Crippen LogP) is 1.15. The molecule has 86 valence electrons. The molecule has 2 rings (SSSR count). The van der Waals surface area contributed by atoms with Crippen LogP contribution < -0.4 is 5.32 Å². The van der Waals surface area contributed by atoms with E-state index in [0.717, 1.165) is 5.56 Å². The van der Waals surface area contributed by atoms with Crippen LogP contribution in [0.15, 0.2) is 36.8 Å². The second kappa shape index (κ2) is 5.07. The van der Waals surface area contributed by atoms with E-state index in [1.54, 1.807) is 18.5 Å². The minimum atomic E-state index is -0.248. The Morgan fingerprint density at radius 2 is 2.41 bits per heavy atom. The van der Waals surface area contributed by atoms with E-state index in [9.17, 15) is 9.59 Å². The van der Waals surface area contributed by atoms with E-state index < -0.39 is 0 Å². The molecule has 0 saturated carbocycles. The Balaban J connectivity index is 1.96. The van der Waals surface area contributed by atoms with Crippen LogP contribution >= 0.6 is 0 Å². The quantitative estimate of drug-likeness (QED) is 0.772. The van der Waals surface area contributed by atoms with Crippen LogP contribution in [0.5, 0.6) is 0 Å². The van der Waals surface area contributed by atoms with Gasteiger partial charge in [-0.15, -0.1) is 0 Å². The van der Waals surface area contributed by atoms with Crippen LogP contribution in [0, 0.1) is 0 Å². The Morgan fingerprint density at radius 1 is 1.53 bits per heavy atom. The second-order valence-electron chi connectivity index (χ2n) is 3.51. The standard InChI is InChI=1S/C12H11N3O2/c16-8-10-4-11(14-7-10)12(17)15-6-9-2-1-3-13-5-9/h1-5,7-8,14H,6H2,(H,15,17). The molecule has 0 spiro atoms. The second-order valence-corrected chi connectivity index (χ2v) is 3.51. The van der Waals surface area contributed by atoms with E-state index in [1.165, 1.54) is 12.3 Å². The first-order valence-electron chi connectivity index (χ1n) is 5.10. The van der Waals surface area contributed by atoms with Gasteiger partial charge in [0, 0.05) is 30.7 Å². The molecule has 2 aromatic rings. The van der Waals surface area contributed by atoms with E-state index >= 15 is 0 Å². The zero-order chi connectivity index (χ0) is 12.1. The summed E-state index contributed by atoms with van der Waals surface area (Å²) in [4.78, 5) is 28.8. The van der Waals surface area contributed by atoms with Gasteiger partial charge in [-0.05, 0) is 17.7 Å². The van der Waals surface area contributed by atoms with Gasteiger partial charge in [-0.2, -0.15) is 0 Å². The van der Waals surface area contributed by atoms with E-state index in [1.807, 2.05) is 6.07 Å². The third-order valence-corrected chi connectivity index (χ3v) is 2.26. The number of hydrogen-bond acceptors (Lipinski definition) is 3. The molecule has 17 heavy (non-hydrogen) atoms. The fourth-order valence-electron chi connectivity index (χ4n) is 1.39. The van der Waals surface area contributed by atoms with Crippen LogP contribution in [0.1, 0.15) is 26.4 Å². The van der Waals surface area contributed by atoms with Crippen molar-refractivity contribution in [1.29, 1.82) is 0 Å². The lowest BCUT2D eigenvalue weighted by molar-refractivity contribution is 0.0946. The van der Waals surface area contributed by atoms with Gasteiger partial charge in [-0.3, -0.25) is 14.6 Å². The Morgan fingerprint density at radius 3 is 3.06 bits per heavy atom. The average Bonchev–Trinajstić information content (AvgIpc) is 2.86. The number of H-pyrrole nitrogens is 1. The molecule has 2 heterocycles. The van der Waals surface area contributed by atoms with Gasteiger partial charge < -0.3 is 10.3 Å². The van der Waals surface area contributed by atoms with Crippen LogP contribution in [0.4, 0.5) is 0 Å². The lowest BCUT2D eigenvalue weighted by atomic mass is 10.3. The van der Waals surface area contributed by atoms with Crippen molar-refractivity contribution >= 4 is 12.2 Å². The average molecular weight is 229 g/mol. The Hall–Kier alpha value is -2.43. The number of pyridine rings is 1. The van der Waals surface area contributed by atoms with Crippen molar-refractivity contribution in [2.75, 3.05) is 0 Å². The summed E-state index contributed by atoms with van der Waals surface area (Å²) in [6, 6.07) is 5.19. The molecule has 5 nitrogen and oxygen atoms in total. The first kappa shape index (κ1) is 11.1. The molecule has 0 aliphatic heterocycles. The van der Waals surface area contributed by atoms with Crippen molar-refractivity contribution in [1.82, 2.24) is 15.3 Å². The zero-order valence-electron chi connectivity index (χ0n) is 9.01.